The summed E-state index contributed by atoms with van der Waals surface area (Å²) >= 11 is 1.85. The Labute approximate surface area is 788 Å². The summed E-state index contributed by atoms with van der Waals surface area (Å²) in [6, 6.07) is 193. The first-order chi connectivity index (χ1) is 66.9. The molecule has 0 radical (unpaired) electrons. The number of aromatic nitrogens is 2. The van der Waals surface area contributed by atoms with Crippen molar-refractivity contribution in [2.24, 2.45) is 0 Å². The number of fused-ring (bicyclic) bond motifs is 11. The number of para-hydroxylation sites is 6. The molecule has 135 heavy (non-hydrogen) atoms. The van der Waals surface area contributed by atoms with E-state index in [1.165, 1.54) is 141 Å². The second-order valence-electron chi connectivity index (χ2n) is 34.3. The summed E-state index contributed by atoms with van der Waals surface area (Å²) in [7, 11) is 0. The molecular formula is C128H88N6S. The number of hydrogen-bond donors (Lipinski definition) is 0. The van der Waals surface area contributed by atoms with E-state index in [2.05, 4.69) is 563 Å². The highest BCUT2D eigenvalue weighted by atomic mass is 32.1. The van der Waals surface area contributed by atoms with Crippen molar-refractivity contribution in [3.63, 3.8) is 0 Å². The van der Waals surface area contributed by atoms with Gasteiger partial charge >= 0.3 is 0 Å². The molecule has 6 nitrogen and oxygen atoms in total. The van der Waals surface area contributed by atoms with E-state index in [9.17, 15) is 0 Å². The molecule has 0 atom stereocenters. The van der Waals surface area contributed by atoms with Crippen LogP contribution in [0.25, 0.3) is 152 Å². The van der Waals surface area contributed by atoms with Crippen molar-refractivity contribution in [1.82, 2.24) is 9.13 Å². The number of benzene rings is 22. The first-order valence-electron chi connectivity index (χ1n) is 46.1. The topological polar surface area (TPSA) is 22.8 Å². The van der Waals surface area contributed by atoms with Gasteiger partial charge in [0.2, 0.25) is 0 Å². The highest BCUT2D eigenvalue weighted by molar-refractivity contribution is 7.25. The molecule has 25 rings (SSSR count). The van der Waals surface area contributed by atoms with Crippen molar-refractivity contribution in [1.29, 1.82) is 0 Å². The van der Waals surface area contributed by atoms with Gasteiger partial charge < -0.3 is 28.7 Å². The number of rotatable bonds is 19. The minimum atomic E-state index is 1.09. The molecule has 0 aliphatic carbocycles. The molecule has 7 heteroatoms. The third-order valence-corrected chi connectivity index (χ3v) is 27.5. The lowest BCUT2D eigenvalue weighted by Crippen LogP contribution is -2.10. The van der Waals surface area contributed by atoms with E-state index in [1.54, 1.807) is 0 Å². The maximum Gasteiger partial charge on any atom is 0.0542 e. The number of thiophene rings is 1. The second kappa shape index (κ2) is 35.3. The van der Waals surface area contributed by atoms with E-state index >= 15 is 0 Å². The third kappa shape index (κ3) is 15.4. The molecule has 3 aromatic heterocycles. The zero-order valence-corrected chi connectivity index (χ0v) is 74.7. The van der Waals surface area contributed by atoms with Crippen LogP contribution in [0.4, 0.5) is 68.2 Å². The minimum absolute atomic E-state index is 1.09. The molecule has 0 bridgehead atoms. The van der Waals surface area contributed by atoms with Crippen LogP contribution in [-0.2, 0) is 0 Å². The second-order valence-corrected chi connectivity index (χ2v) is 35.4. The lowest BCUT2D eigenvalue weighted by molar-refractivity contribution is 1.18. The van der Waals surface area contributed by atoms with Gasteiger partial charge in [0, 0.05) is 121 Å². The van der Waals surface area contributed by atoms with Crippen LogP contribution in [0.5, 0.6) is 0 Å². The molecule has 0 saturated heterocycles. The predicted octanol–water partition coefficient (Wildman–Crippen LogP) is 36.5. The van der Waals surface area contributed by atoms with E-state index < -0.39 is 0 Å². The van der Waals surface area contributed by atoms with Crippen LogP contribution in [0, 0.1) is 0 Å². The monoisotopic (exact) mass is 1740 g/mol. The van der Waals surface area contributed by atoms with Gasteiger partial charge in [0.05, 0.1) is 33.4 Å². The Kier molecular flexibility index (Phi) is 21.1. The summed E-state index contributed by atoms with van der Waals surface area (Å²) in [5.74, 6) is 0. The van der Waals surface area contributed by atoms with Gasteiger partial charge in [-0.1, -0.05) is 328 Å². The minimum Gasteiger partial charge on any atom is -0.310 e. The Bertz CT molecular complexity index is 8630. The summed E-state index contributed by atoms with van der Waals surface area (Å²) in [6.07, 6.45) is 0. The van der Waals surface area contributed by atoms with Crippen LogP contribution in [-0.4, -0.2) is 9.13 Å². The Morgan fingerprint density at radius 3 is 0.919 bits per heavy atom. The molecule has 25 aromatic rings. The van der Waals surface area contributed by atoms with Crippen molar-refractivity contribution >= 4 is 165 Å². The average Bonchev–Trinajstić information content (AvgIpc) is 1.59. The smallest absolute Gasteiger partial charge is 0.0542 e. The summed E-state index contributed by atoms with van der Waals surface area (Å²) in [4.78, 5) is 9.45. The van der Waals surface area contributed by atoms with Gasteiger partial charge in [0.15, 0.2) is 0 Å². The van der Waals surface area contributed by atoms with Crippen molar-refractivity contribution in [3.05, 3.63) is 534 Å². The Morgan fingerprint density at radius 1 is 0.148 bits per heavy atom. The number of hydrogen-bond acceptors (Lipinski definition) is 5. The predicted molar refractivity (Wildman–Crippen MR) is 575 cm³/mol. The summed E-state index contributed by atoms with van der Waals surface area (Å²) in [5, 5.41) is 12.4. The van der Waals surface area contributed by atoms with E-state index in [0.29, 0.717) is 0 Å². The molecule has 22 aromatic carbocycles. The fourth-order valence-electron chi connectivity index (χ4n) is 19.9. The summed E-state index contributed by atoms with van der Waals surface area (Å²) in [5.41, 5.74) is 32.2. The Morgan fingerprint density at radius 2 is 0.437 bits per heavy atom. The summed E-state index contributed by atoms with van der Waals surface area (Å²) < 4.78 is 7.41. The van der Waals surface area contributed by atoms with Crippen LogP contribution >= 0.6 is 11.3 Å². The highest BCUT2D eigenvalue weighted by Gasteiger charge is 2.24. The van der Waals surface area contributed by atoms with Gasteiger partial charge in [-0.25, -0.2) is 0 Å². The standard InChI is InChI=1S/C66H45N3S.C62H43N3/c1-4-15-46(16-5-1)47-27-33-55(34-28-47)68(57-39-41-64-61(44-57)59-23-10-12-25-63(59)69(64)53-21-8-3-9-22-53)56-37-31-49(32-38-56)51-18-14-17-50(43-51)48-29-35-54(36-30-48)67(52-19-6-2-7-20-52)58-40-42-66-62(45-58)60-24-11-13-26-65(60)70-66;1-3-22-50(23-4-1)63(54-40-41-62-58(43-54)57-28-11-12-29-61(57)65(62)60-31-15-19-47-17-8-10-27-56(47)60)52-36-32-44(33-37-52)48-20-13-21-49(42-48)45-34-38-53(39-35-45)64(51-24-5-2-6-25-51)59-30-14-18-46-16-7-9-26-55(46)59/h1-45H;1-43H. The number of nitrogens with zero attached hydrogens (tertiary/aromatic N) is 6. The Hall–Kier alpha value is -17.6. The van der Waals surface area contributed by atoms with Crippen LogP contribution < -0.4 is 19.6 Å². The van der Waals surface area contributed by atoms with Gasteiger partial charge in [-0.2, -0.15) is 0 Å². The van der Waals surface area contributed by atoms with Crippen molar-refractivity contribution < 1.29 is 0 Å². The maximum absolute atomic E-state index is 2.42. The SMILES string of the molecule is c1ccc(-c2ccc(N(c3ccc(-c4cccc(-c5ccc(N(c6ccccc6)c6ccc7sc8ccccc8c7c6)cc5)c4)cc3)c3ccc4c(c3)c3ccccc3n4-c3ccccc3)cc2)cc1.c1ccc(N(c2ccc(-c3cccc(-c4ccc(N(c5ccccc5)c5cccc6ccccc56)cc4)c3)cc2)c2ccc3c(c2)c2ccccc2n3-c2cccc3ccccc23)cc1. The largest absolute Gasteiger partial charge is 0.310 e. The molecule has 0 N–H and O–H groups in total. The molecule has 0 amide bonds. The fraction of sp³-hybridized carbons (Fsp3) is 0. The van der Waals surface area contributed by atoms with Gasteiger partial charge in [-0.3, -0.25) is 0 Å². The molecule has 3 heterocycles. The Balaban J connectivity index is 0.000000148. The lowest BCUT2D eigenvalue weighted by Gasteiger charge is -2.27. The van der Waals surface area contributed by atoms with E-state index in [1.807, 2.05) is 11.3 Å². The normalized spacial score (nSPS) is 11.4. The first-order valence-corrected chi connectivity index (χ1v) is 46.9. The van der Waals surface area contributed by atoms with Crippen LogP contribution in [0.1, 0.15) is 0 Å². The van der Waals surface area contributed by atoms with Crippen molar-refractivity contribution in [2.45, 2.75) is 0 Å². The van der Waals surface area contributed by atoms with E-state index in [0.717, 1.165) is 79.5 Å². The van der Waals surface area contributed by atoms with Crippen LogP contribution in [0.15, 0.2) is 534 Å². The van der Waals surface area contributed by atoms with Gasteiger partial charge in [0.1, 0.15) is 0 Å². The van der Waals surface area contributed by atoms with Gasteiger partial charge in [-0.05, 0) is 273 Å². The molecule has 0 unspecified atom stereocenters. The van der Waals surface area contributed by atoms with E-state index in [-0.39, 0.29) is 0 Å². The fourth-order valence-corrected chi connectivity index (χ4v) is 21.0. The van der Waals surface area contributed by atoms with Crippen molar-refractivity contribution in [3.8, 4) is 67.0 Å². The molecule has 0 aliphatic rings. The molecule has 636 valence electrons. The lowest BCUT2D eigenvalue weighted by atomic mass is 9.98. The molecule has 0 saturated carbocycles. The maximum atomic E-state index is 2.42. The number of anilines is 12. The van der Waals surface area contributed by atoms with Gasteiger partial charge in [0.25, 0.3) is 0 Å². The average molecular weight is 1740 g/mol. The molecule has 0 aliphatic heterocycles. The quantitative estimate of drug-likeness (QED) is 0.0805. The van der Waals surface area contributed by atoms with Crippen LogP contribution in [0.3, 0.4) is 0 Å². The van der Waals surface area contributed by atoms with Crippen LogP contribution in [0.2, 0.25) is 0 Å². The zero-order valence-electron chi connectivity index (χ0n) is 73.9. The molecule has 0 spiro atoms. The summed E-state index contributed by atoms with van der Waals surface area (Å²) in [6.45, 7) is 0. The van der Waals surface area contributed by atoms with Gasteiger partial charge in [-0.15, -0.1) is 11.3 Å². The molecular weight excluding hydrogens is 1650 g/mol. The first kappa shape index (κ1) is 80.7. The molecule has 0 fully saturated rings. The van der Waals surface area contributed by atoms with E-state index in [4.69, 9.17) is 0 Å². The zero-order chi connectivity index (χ0) is 89.5. The third-order valence-electron chi connectivity index (χ3n) is 26.3. The van der Waals surface area contributed by atoms with Crippen molar-refractivity contribution in [2.75, 3.05) is 19.6 Å². The highest BCUT2D eigenvalue weighted by Crippen LogP contribution is 2.48.